The molecule has 1 atom stereocenters. The summed E-state index contributed by atoms with van der Waals surface area (Å²) in [7, 11) is 0. The molecule has 0 saturated heterocycles. The van der Waals surface area contributed by atoms with Crippen LogP contribution in [0.3, 0.4) is 0 Å². The van der Waals surface area contributed by atoms with E-state index in [-0.39, 0.29) is 11.6 Å². The minimum absolute atomic E-state index is 0.116. The zero-order chi connectivity index (χ0) is 16.7. The molecule has 1 unspecified atom stereocenters. The van der Waals surface area contributed by atoms with Crippen LogP contribution < -0.4 is 10.5 Å². The highest BCUT2D eigenvalue weighted by atomic mass is 19.1. The molecule has 0 aliphatic heterocycles. The van der Waals surface area contributed by atoms with Crippen molar-refractivity contribution in [2.24, 2.45) is 11.7 Å². The van der Waals surface area contributed by atoms with Gasteiger partial charge >= 0.3 is 0 Å². The monoisotopic (exact) mass is 315 g/mol. The Morgan fingerprint density at radius 2 is 1.65 bits per heavy atom. The van der Waals surface area contributed by atoms with Gasteiger partial charge in [0, 0.05) is 12.0 Å². The number of ether oxygens (including phenoxy) is 1. The Balaban J connectivity index is 1.93. The van der Waals surface area contributed by atoms with Gasteiger partial charge in [0.15, 0.2) is 5.78 Å². The van der Waals surface area contributed by atoms with Crippen molar-refractivity contribution in [3.63, 3.8) is 0 Å². The first-order chi connectivity index (χ1) is 11.1. The summed E-state index contributed by atoms with van der Waals surface area (Å²) < 4.78 is 18.5. The van der Waals surface area contributed by atoms with E-state index in [0.29, 0.717) is 35.9 Å². The van der Waals surface area contributed by atoms with Gasteiger partial charge in [-0.2, -0.15) is 0 Å². The quantitative estimate of drug-likeness (QED) is 0.726. The smallest absolute Gasteiger partial charge is 0.162 e. The molecule has 0 radical (unpaired) electrons. The van der Waals surface area contributed by atoms with Gasteiger partial charge in [-0.25, -0.2) is 4.39 Å². The van der Waals surface area contributed by atoms with E-state index in [1.54, 1.807) is 36.4 Å². The Morgan fingerprint density at radius 1 is 1.09 bits per heavy atom. The summed E-state index contributed by atoms with van der Waals surface area (Å²) in [6, 6.07) is 12.8. The number of nitrogens with two attached hydrogens (primary N) is 1. The van der Waals surface area contributed by atoms with Crippen LogP contribution in [0.2, 0.25) is 0 Å². The number of Topliss-reactive ketones (excluding diaryl/α,β-unsaturated/α-hetero) is 1. The average molecular weight is 315 g/mol. The van der Waals surface area contributed by atoms with Gasteiger partial charge in [0.25, 0.3) is 0 Å². The Hall–Kier alpha value is -2.20. The summed E-state index contributed by atoms with van der Waals surface area (Å²) in [6.07, 6.45) is 2.32. The molecule has 0 aliphatic carbocycles. The lowest BCUT2D eigenvalue weighted by atomic mass is 9.97. The second-order valence-corrected chi connectivity index (χ2v) is 5.55. The number of ketones is 1. The van der Waals surface area contributed by atoms with Crippen LogP contribution in [0.15, 0.2) is 48.5 Å². The Labute approximate surface area is 136 Å². The van der Waals surface area contributed by atoms with Crippen molar-refractivity contribution in [1.29, 1.82) is 0 Å². The zero-order valence-electron chi connectivity index (χ0n) is 13.3. The standard InChI is InChI=1S/C19H22FNO2/c1-2-14(13-21)3-12-19(22)15-4-8-17(9-5-15)23-18-10-6-16(20)7-11-18/h4-11,14H,2-3,12-13,21H2,1H3. The van der Waals surface area contributed by atoms with E-state index in [1.807, 2.05) is 0 Å². The number of hydrogen-bond acceptors (Lipinski definition) is 3. The molecule has 2 rings (SSSR count). The van der Waals surface area contributed by atoms with Crippen LogP contribution in [0.1, 0.15) is 36.5 Å². The van der Waals surface area contributed by atoms with Gasteiger partial charge in [-0.05, 0) is 67.4 Å². The molecule has 0 bridgehead atoms. The van der Waals surface area contributed by atoms with Crippen molar-refractivity contribution < 1.29 is 13.9 Å². The molecule has 0 fully saturated rings. The lowest BCUT2D eigenvalue weighted by Gasteiger charge is -2.11. The minimum atomic E-state index is -0.304. The first kappa shape index (κ1) is 17.2. The molecule has 0 aromatic heterocycles. The van der Waals surface area contributed by atoms with Crippen molar-refractivity contribution >= 4 is 5.78 Å². The van der Waals surface area contributed by atoms with Crippen molar-refractivity contribution in [2.75, 3.05) is 6.54 Å². The minimum Gasteiger partial charge on any atom is -0.457 e. The summed E-state index contributed by atoms with van der Waals surface area (Å²) in [5.41, 5.74) is 6.33. The first-order valence-corrected chi connectivity index (χ1v) is 7.89. The van der Waals surface area contributed by atoms with E-state index in [2.05, 4.69) is 6.92 Å². The van der Waals surface area contributed by atoms with Crippen LogP contribution in [0.4, 0.5) is 4.39 Å². The maximum Gasteiger partial charge on any atom is 0.162 e. The molecular weight excluding hydrogens is 293 g/mol. The number of benzene rings is 2. The maximum absolute atomic E-state index is 12.8. The Morgan fingerprint density at radius 3 is 2.17 bits per heavy atom. The number of carbonyl (C=O) groups excluding carboxylic acids is 1. The van der Waals surface area contributed by atoms with Crippen molar-refractivity contribution in [3.8, 4) is 11.5 Å². The highest BCUT2D eigenvalue weighted by Gasteiger charge is 2.10. The number of rotatable bonds is 8. The lowest BCUT2D eigenvalue weighted by Crippen LogP contribution is -2.14. The van der Waals surface area contributed by atoms with E-state index >= 15 is 0 Å². The summed E-state index contributed by atoms with van der Waals surface area (Å²) >= 11 is 0. The van der Waals surface area contributed by atoms with Crippen molar-refractivity contribution in [2.45, 2.75) is 26.2 Å². The molecule has 3 nitrogen and oxygen atoms in total. The molecule has 23 heavy (non-hydrogen) atoms. The third kappa shape index (κ3) is 5.18. The molecular formula is C19H22FNO2. The van der Waals surface area contributed by atoms with Crippen molar-refractivity contribution in [3.05, 3.63) is 59.9 Å². The van der Waals surface area contributed by atoms with E-state index in [0.717, 1.165) is 12.8 Å². The average Bonchev–Trinajstić information content (AvgIpc) is 2.58. The predicted molar refractivity (Wildman–Crippen MR) is 89.3 cm³/mol. The third-order valence-corrected chi connectivity index (χ3v) is 3.92. The second-order valence-electron chi connectivity index (χ2n) is 5.55. The maximum atomic E-state index is 12.8. The van der Waals surface area contributed by atoms with Gasteiger partial charge in [0.05, 0.1) is 0 Å². The summed E-state index contributed by atoms with van der Waals surface area (Å²) in [5, 5.41) is 0. The highest BCUT2D eigenvalue weighted by molar-refractivity contribution is 5.96. The van der Waals surface area contributed by atoms with Gasteiger partial charge in [-0.3, -0.25) is 4.79 Å². The molecule has 0 heterocycles. The van der Waals surface area contributed by atoms with E-state index in [1.165, 1.54) is 12.1 Å². The van der Waals surface area contributed by atoms with Crippen LogP contribution in [-0.4, -0.2) is 12.3 Å². The second kappa shape index (κ2) is 8.44. The Kier molecular flexibility index (Phi) is 6.29. The van der Waals surface area contributed by atoms with Crippen LogP contribution in [0, 0.1) is 11.7 Å². The molecule has 2 aromatic rings. The summed E-state index contributed by atoms with van der Waals surface area (Å²) in [6.45, 7) is 2.71. The van der Waals surface area contributed by atoms with Gasteiger partial charge in [-0.15, -0.1) is 0 Å². The van der Waals surface area contributed by atoms with E-state index in [4.69, 9.17) is 10.5 Å². The van der Waals surface area contributed by atoms with Gasteiger partial charge < -0.3 is 10.5 Å². The molecule has 122 valence electrons. The highest BCUT2D eigenvalue weighted by Crippen LogP contribution is 2.22. The number of halogens is 1. The largest absolute Gasteiger partial charge is 0.457 e. The van der Waals surface area contributed by atoms with Crippen LogP contribution in [0.5, 0.6) is 11.5 Å². The topological polar surface area (TPSA) is 52.3 Å². The lowest BCUT2D eigenvalue weighted by molar-refractivity contribution is 0.0974. The molecule has 2 N–H and O–H groups in total. The van der Waals surface area contributed by atoms with Gasteiger partial charge in [0.2, 0.25) is 0 Å². The fourth-order valence-corrected chi connectivity index (χ4v) is 2.32. The Bertz CT molecular complexity index is 619. The summed E-state index contributed by atoms with van der Waals surface area (Å²) in [5.74, 6) is 1.38. The fraction of sp³-hybridized carbons (Fsp3) is 0.316. The molecule has 2 aromatic carbocycles. The third-order valence-electron chi connectivity index (χ3n) is 3.92. The van der Waals surface area contributed by atoms with Crippen LogP contribution in [0.25, 0.3) is 0 Å². The SMILES string of the molecule is CCC(CN)CCC(=O)c1ccc(Oc2ccc(F)cc2)cc1. The van der Waals surface area contributed by atoms with Gasteiger partial charge in [-0.1, -0.05) is 13.3 Å². The number of hydrogen-bond donors (Lipinski definition) is 1. The van der Waals surface area contributed by atoms with Gasteiger partial charge in [0.1, 0.15) is 17.3 Å². The van der Waals surface area contributed by atoms with E-state index in [9.17, 15) is 9.18 Å². The normalized spacial score (nSPS) is 12.0. The van der Waals surface area contributed by atoms with Crippen LogP contribution in [-0.2, 0) is 0 Å². The first-order valence-electron chi connectivity index (χ1n) is 7.89. The van der Waals surface area contributed by atoms with Crippen molar-refractivity contribution in [1.82, 2.24) is 0 Å². The zero-order valence-corrected chi connectivity index (χ0v) is 13.3. The van der Waals surface area contributed by atoms with E-state index < -0.39 is 0 Å². The predicted octanol–water partition coefficient (Wildman–Crippen LogP) is 4.57. The molecule has 0 aliphatic rings. The molecule has 0 spiro atoms. The molecule has 0 amide bonds. The molecule has 0 saturated carbocycles. The summed E-state index contributed by atoms with van der Waals surface area (Å²) in [4.78, 5) is 12.2. The fourth-order valence-electron chi connectivity index (χ4n) is 2.32. The number of carbonyl (C=O) groups is 1. The molecule has 4 heteroatoms. The van der Waals surface area contributed by atoms with Crippen LogP contribution >= 0.6 is 0 Å².